The number of piperidine rings is 1. The second kappa shape index (κ2) is 7.45. The van der Waals surface area contributed by atoms with Crippen LogP contribution in [0, 0.1) is 12.8 Å². The van der Waals surface area contributed by atoms with Crippen molar-refractivity contribution in [1.29, 1.82) is 0 Å². The summed E-state index contributed by atoms with van der Waals surface area (Å²) in [6.07, 6.45) is 3.10. The number of nitrogens with one attached hydrogen (secondary N) is 1. The summed E-state index contributed by atoms with van der Waals surface area (Å²) in [5, 5.41) is 0. The van der Waals surface area contributed by atoms with Crippen molar-refractivity contribution in [3.63, 3.8) is 0 Å². The van der Waals surface area contributed by atoms with Crippen LogP contribution in [-0.2, 0) is 14.8 Å². The Bertz CT molecular complexity index is 650. The molecule has 1 amide bonds. The zero-order valence-electron chi connectivity index (χ0n) is 14.1. The highest BCUT2D eigenvalue weighted by Crippen LogP contribution is 2.17. The van der Waals surface area contributed by atoms with E-state index in [2.05, 4.69) is 4.72 Å². The molecule has 1 aliphatic rings. The van der Waals surface area contributed by atoms with Crippen LogP contribution in [-0.4, -0.2) is 38.4 Å². The zero-order valence-corrected chi connectivity index (χ0v) is 14.9. The minimum Gasteiger partial charge on any atom is -0.341 e. The molecule has 0 aliphatic carbocycles. The van der Waals surface area contributed by atoms with E-state index in [9.17, 15) is 13.2 Å². The van der Waals surface area contributed by atoms with Gasteiger partial charge < -0.3 is 4.90 Å². The first kappa shape index (κ1) is 17.9. The summed E-state index contributed by atoms with van der Waals surface area (Å²) in [6.45, 7) is 7.01. The van der Waals surface area contributed by atoms with Gasteiger partial charge in [0, 0.05) is 13.1 Å². The fraction of sp³-hybridized carbons (Fsp3) is 0.588. The van der Waals surface area contributed by atoms with Crippen molar-refractivity contribution in [3.8, 4) is 0 Å². The molecule has 1 atom stereocenters. The Morgan fingerprint density at radius 2 is 1.83 bits per heavy atom. The smallest absolute Gasteiger partial charge is 0.241 e. The van der Waals surface area contributed by atoms with Crippen molar-refractivity contribution in [2.45, 2.75) is 51.0 Å². The van der Waals surface area contributed by atoms with Gasteiger partial charge in [-0.25, -0.2) is 8.42 Å². The monoisotopic (exact) mass is 338 g/mol. The van der Waals surface area contributed by atoms with Crippen LogP contribution >= 0.6 is 0 Å². The van der Waals surface area contributed by atoms with Crippen LogP contribution < -0.4 is 4.72 Å². The van der Waals surface area contributed by atoms with E-state index in [4.69, 9.17) is 0 Å². The van der Waals surface area contributed by atoms with Crippen molar-refractivity contribution in [3.05, 3.63) is 29.8 Å². The molecule has 0 unspecified atom stereocenters. The van der Waals surface area contributed by atoms with Gasteiger partial charge in [-0.05, 0) is 49.8 Å². The number of aryl methyl sites for hydroxylation is 1. The van der Waals surface area contributed by atoms with Gasteiger partial charge in [0.05, 0.1) is 4.90 Å². The molecule has 0 radical (unpaired) electrons. The molecule has 0 spiro atoms. The van der Waals surface area contributed by atoms with Gasteiger partial charge in [-0.3, -0.25) is 4.79 Å². The molecule has 2 rings (SSSR count). The average Bonchev–Trinajstić information content (AvgIpc) is 2.52. The minimum atomic E-state index is -3.71. The van der Waals surface area contributed by atoms with E-state index in [1.165, 1.54) is 0 Å². The van der Waals surface area contributed by atoms with Gasteiger partial charge in [-0.2, -0.15) is 4.72 Å². The highest BCUT2D eigenvalue weighted by molar-refractivity contribution is 7.89. The van der Waals surface area contributed by atoms with Crippen LogP contribution in [0.25, 0.3) is 0 Å². The van der Waals surface area contributed by atoms with Crippen molar-refractivity contribution >= 4 is 15.9 Å². The molecule has 1 aromatic carbocycles. The highest BCUT2D eigenvalue weighted by Gasteiger charge is 2.32. The molecule has 1 fully saturated rings. The number of likely N-dealkylation sites (tertiary alicyclic amines) is 1. The van der Waals surface area contributed by atoms with E-state index in [0.29, 0.717) is 13.1 Å². The fourth-order valence-corrected chi connectivity index (χ4v) is 4.24. The number of benzene rings is 1. The number of rotatable bonds is 5. The highest BCUT2D eigenvalue weighted by atomic mass is 32.2. The molecule has 23 heavy (non-hydrogen) atoms. The first-order chi connectivity index (χ1) is 10.8. The molecule has 6 heteroatoms. The van der Waals surface area contributed by atoms with Gasteiger partial charge in [0.25, 0.3) is 0 Å². The Kier molecular flexibility index (Phi) is 5.81. The summed E-state index contributed by atoms with van der Waals surface area (Å²) in [5.41, 5.74) is 0.872. The predicted octanol–water partition coefficient (Wildman–Crippen LogP) is 2.31. The lowest BCUT2D eigenvalue weighted by Crippen LogP contribution is -2.52. The molecule has 128 valence electrons. The summed E-state index contributed by atoms with van der Waals surface area (Å²) in [4.78, 5) is 14.7. The largest absolute Gasteiger partial charge is 0.341 e. The van der Waals surface area contributed by atoms with Crippen molar-refractivity contribution in [2.75, 3.05) is 13.1 Å². The quantitative estimate of drug-likeness (QED) is 0.896. The molecule has 1 N–H and O–H groups in total. The van der Waals surface area contributed by atoms with Crippen LogP contribution in [0.3, 0.4) is 0 Å². The summed E-state index contributed by atoms with van der Waals surface area (Å²) < 4.78 is 27.8. The van der Waals surface area contributed by atoms with Crippen molar-refractivity contribution in [2.24, 2.45) is 5.92 Å². The summed E-state index contributed by atoms with van der Waals surface area (Å²) in [6, 6.07) is 6.00. The third kappa shape index (κ3) is 4.54. The number of amides is 1. The van der Waals surface area contributed by atoms with E-state index in [0.717, 1.165) is 24.8 Å². The summed E-state index contributed by atoms with van der Waals surface area (Å²) in [5.74, 6) is -0.222. The lowest BCUT2D eigenvalue weighted by atomic mass is 10.0. The summed E-state index contributed by atoms with van der Waals surface area (Å²) >= 11 is 0. The maximum absolute atomic E-state index is 12.7. The third-order valence-corrected chi connectivity index (χ3v) is 5.62. The molecular formula is C17H26N2O3S. The van der Waals surface area contributed by atoms with Gasteiger partial charge in [-0.1, -0.05) is 26.0 Å². The van der Waals surface area contributed by atoms with Gasteiger partial charge >= 0.3 is 0 Å². The van der Waals surface area contributed by atoms with E-state index in [-0.39, 0.29) is 16.7 Å². The Balaban J connectivity index is 2.19. The fourth-order valence-electron chi connectivity index (χ4n) is 2.80. The molecule has 0 saturated carbocycles. The van der Waals surface area contributed by atoms with Crippen LogP contribution in [0.2, 0.25) is 0 Å². The van der Waals surface area contributed by atoms with Crippen LogP contribution in [0.4, 0.5) is 0 Å². The number of sulfonamides is 1. The molecule has 0 bridgehead atoms. The molecular weight excluding hydrogens is 312 g/mol. The van der Waals surface area contributed by atoms with E-state index in [1.54, 1.807) is 23.1 Å². The van der Waals surface area contributed by atoms with Gasteiger partial charge in [0.15, 0.2) is 0 Å². The first-order valence-electron chi connectivity index (χ1n) is 8.19. The van der Waals surface area contributed by atoms with Gasteiger partial charge in [0.1, 0.15) is 6.04 Å². The lowest BCUT2D eigenvalue weighted by molar-refractivity contribution is -0.134. The Hall–Kier alpha value is -1.40. The number of carbonyl (C=O) groups is 1. The Labute approximate surface area is 139 Å². The normalized spacial score (nSPS) is 17.3. The van der Waals surface area contributed by atoms with E-state index < -0.39 is 16.1 Å². The van der Waals surface area contributed by atoms with Crippen molar-refractivity contribution < 1.29 is 13.2 Å². The second-order valence-corrected chi connectivity index (χ2v) is 8.26. The van der Waals surface area contributed by atoms with Crippen LogP contribution in [0.5, 0.6) is 0 Å². The third-order valence-electron chi connectivity index (χ3n) is 4.18. The number of hydrogen-bond acceptors (Lipinski definition) is 3. The van der Waals surface area contributed by atoms with Crippen LogP contribution in [0.1, 0.15) is 38.7 Å². The standard InChI is InChI=1S/C17H26N2O3S/c1-13(2)16(17(20)19-10-5-4-6-11-19)18-23(21,22)15-9-7-8-14(3)12-15/h7-9,12-13,16,18H,4-6,10-11H2,1-3H3/t16-/m0/s1. The van der Waals surface area contributed by atoms with E-state index in [1.807, 2.05) is 26.8 Å². The molecule has 0 aromatic heterocycles. The second-order valence-electron chi connectivity index (χ2n) is 6.55. The van der Waals surface area contributed by atoms with Gasteiger partial charge in [0.2, 0.25) is 15.9 Å². The minimum absolute atomic E-state index is 0.107. The van der Waals surface area contributed by atoms with Crippen LogP contribution in [0.15, 0.2) is 29.2 Å². The van der Waals surface area contributed by atoms with Gasteiger partial charge in [-0.15, -0.1) is 0 Å². The topological polar surface area (TPSA) is 66.5 Å². The van der Waals surface area contributed by atoms with Crippen molar-refractivity contribution in [1.82, 2.24) is 9.62 Å². The first-order valence-corrected chi connectivity index (χ1v) is 9.67. The Morgan fingerprint density at radius 3 is 2.39 bits per heavy atom. The molecule has 5 nitrogen and oxygen atoms in total. The molecule has 1 heterocycles. The number of carbonyl (C=O) groups excluding carboxylic acids is 1. The Morgan fingerprint density at radius 1 is 1.17 bits per heavy atom. The molecule has 1 saturated heterocycles. The average molecular weight is 338 g/mol. The van der Waals surface area contributed by atoms with E-state index >= 15 is 0 Å². The zero-order chi connectivity index (χ0) is 17.0. The maximum Gasteiger partial charge on any atom is 0.241 e. The SMILES string of the molecule is Cc1cccc(S(=O)(=O)N[C@H](C(=O)N2CCCCC2)C(C)C)c1. The number of nitrogens with zero attached hydrogens (tertiary/aromatic N) is 1. The molecule has 1 aromatic rings. The maximum atomic E-state index is 12.7. The summed E-state index contributed by atoms with van der Waals surface area (Å²) in [7, 11) is -3.71. The number of hydrogen-bond donors (Lipinski definition) is 1. The molecule has 1 aliphatic heterocycles. The predicted molar refractivity (Wildman–Crippen MR) is 90.6 cm³/mol. The lowest BCUT2D eigenvalue weighted by Gasteiger charge is -2.32.